The number of pyridine rings is 1. The summed E-state index contributed by atoms with van der Waals surface area (Å²) in [7, 11) is -4.22. The van der Waals surface area contributed by atoms with Crippen LogP contribution in [0.4, 0.5) is 17.6 Å². The first kappa shape index (κ1) is 28.1. The molecule has 0 bridgehead atoms. The molecule has 1 aliphatic carbocycles. The van der Waals surface area contributed by atoms with E-state index in [4.69, 9.17) is 11.6 Å². The first-order chi connectivity index (χ1) is 17.8. The topological polar surface area (TPSA) is 105 Å². The minimum Gasteiger partial charge on any atom is -0.351 e. The highest BCUT2D eigenvalue weighted by Gasteiger charge is 2.49. The summed E-state index contributed by atoms with van der Waals surface area (Å²) >= 11 is 6.10. The number of carbonyl (C=O) groups excluding carboxylic acids is 1. The van der Waals surface area contributed by atoms with E-state index in [1.165, 1.54) is 31.5 Å². The number of halogens is 5. The Kier molecular flexibility index (Phi) is 7.91. The summed E-state index contributed by atoms with van der Waals surface area (Å²) < 4.78 is 82.2. The summed E-state index contributed by atoms with van der Waals surface area (Å²) in [5.74, 6) is -5.05. The van der Waals surface area contributed by atoms with Gasteiger partial charge in [0.1, 0.15) is 23.2 Å². The summed E-state index contributed by atoms with van der Waals surface area (Å²) in [5.41, 5.74) is 1.03. The number of aromatic nitrogens is 3. The summed E-state index contributed by atoms with van der Waals surface area (Å²) in [6.07, 6.45) is 2.45. The van der Waals surface area contributed by atoms with E-state index in [1.807, 2.05) is 0 Å². The second-order valence-electron chi connectivity index (χ2n) is 9.17. The average Bonchev–Trinajstić information content (AvgIpc) is 3.17. The molecular weight excluding hydrogens is 550 g/mol. The number of nitrogens with zero attached hydrogens (tertiary/aromatic N) is 4. The molecule has 0 unspecified atom stereocenters. The molecule has 8 nitrogen and oxygen atoms in total. The predicted octanol–water partition coefficient (Wildman–Crippen LogP) is 4.58. The van der Waals surface area contributed by atoms with Crippen LogP contribution in [-0.2, 0) is 27.3 Å². The maximum atomic E-state index is 14.6. The Labute approximate surface area is 221 Å². The molecule has 1 fully saturated rings. The molecule has 1 N–H and O–H groups in total. The van der Waals surface area contributed by atoms with Crippen LogP contribution < -0.4 is 5.32 Å². The molecule has 1 saturated heterocycles. The zero-order valence-electron chi connectivity index (χ0n) is 20.3. The number of nitrogens with one attached hydrogen (secondary N) is 1. The van der Waals surface area contributed by atoms with Gasteiger partial charge < -0.3 is 5.32 Å². The van der Waals surface area contributed by atoms with Gasteiger partial charge in [-0.1, -0.05) is 11.6 Å². The third kappa shape index (κ3) is 5.89. The van der Waals surface area contributed by atoms with E-state index >= 15 is 0 Å². The fourth-order valence-corrected chi connectivity index (χ4v) is 6.49. The number of carbonyl (C=O) groups is 1. The third-order valence-corrected chi connectivity index (χ3v) is 8.65. The van der Waals surface area contributed by atoms with Gasteiger partial charge in [0.2, 0.25) is 15.9 Å². The number of amides is 1. The molecule has 38 heavy (non-hydrogen) atoms. The number of rotatable bonds is 7. The Morgan fingerprint density at radius 1 is 1.21 bits per heavy atom. The molecule has 0 aromatic carbocycles. The Balaban J connectivity index is 1.52. The lowest BCUT2D eigenvalue weighted by molar-refractivity contribution is -0.124. The van der Waals surface area contributed by atoms with Crippen molar-refractivity contribution in [3.8, 4) is 11.3 Å². The normalized spacial score (nSPS) is 22.7. The molecule has 1 amide bonds. The molecule has 2 aliphatic rings. The van der Waals surface area contributed by atoms with Crippen LogP contribution >= 0.6 is 11.6 Å². The van der Waals surface area contributed by atoms with E-state index in [2.05, 4.69) is 20.3 Å². The first-order valence-electron chi connectivity index (χ1n) is 11.6. The van der Waals surface area contributed by atoms with Crippen molar-refractivity contribution in [3.63, 3.8) is 0 Å². The molecule has 0 saturated carbocycles. The standard InChI is InChI=1S/C24H24ClF4N5O3S/c1-13-18(27)9-20(34(13)38(36,37)17-5-3-16(26)4-6-17)22(35)30-10-14-7-19(33-21(25)8-14)15-11-31-23(32-12-15)24(2,28)29/h3,5,7-8,11-13,18,20H,4,6,9-10H2,1-2H3,(H,30,35)/t13-,18+,20-/m0/s1. The van der Waals surface area contributed by atoms with E-state index in [1.54, 1.807) is 0 Å². The van der Waals surface area contributed by atoms with Gasteiger partial charge in [-0.25, -0.2) is 32.2 Å². The van der Waals surface area contributed by atoms with Gasteiger partial charge in [0.05, 0.1) is 16.6 Å². The molecular formula is C24H24ClF4N5O3S. The number of sulfonamides is 1. The van der Waals surface area contributed by atoms with Crippen LogP contribution in [0.15, 0.2) is 47.4 Å². The average molecular weight is 574 g/mol. The third-order valence-electron chi connectivity index (χ3n) is 6.31. The maximum Gasteiger partial charge on any atom is 0.303 e. The maximum absolute atomic E-state index is 14.6. The van der Waals surface area contributed by atoms with Gasteiger partial charge in [-0.15, -0.1) is 0 Å². The van der Waals surface area contributed by atoms with E-state index in [0.717, 1.165) is 16.5 Å². The van der Waals surface area contributed by atoms with Gasteiger partial charge in [0.15, 0.2) is 5.82 Å². The zero-order valence-corrected chi connectivity index (χ0v) is 21.9. The molecule has 3 atom stereocenters. The molecule has 204 valence electrons. The number of hydrogen-bond acceptors (Lipinski definition) is 6. The van der Waals surface area contributed by atoms with Gasteiger partial charge in [0.25, 0.3) is 0 Å². The molecule has 4 rings (SSSR count). The second kappa shape index (κ2) is 10.7. The molecule has 1 aliphatic heterocycles. The van der Waals surface area contributed by atoms with Gasteiger partial charge in [-0.2, -0.15) is 13.1 Å². The predicted molar refractivity (Wildman–Crippen MR) is 132 cm³/mol. The highest BCUT2D eigenvalue weighted by molar-refractivity contribution is 7.93. The van der Waals surface area contributed by atoms with E-state index < -0.39 is 51.8 Å². The molecule has 3 heterocycles. The molecule has 2 aromatic rings. The molecule has 2 aromatic heterocycles. The minimum atomic E-state index is -4.22. The second-order valence-corrected chi connectivity index (χ2v) is 11.5. The van der Waals surface area contributed by atoms with Crippen LogP contribution in [0.5, 0.6) is 0 Å². The van der Waals surface area contributed by atoms with Crippen LogP contribution in [0.3, 0.4) is 0 Å². The number of allylic oxidation sites excluding steroid dienone is 4. The van der Waals surface area contributed by atoms with Crippen molar-refractivity contribution in [3.05, 3.63) is 64.0 Å². The molecule has 0 radical (unpaired) electrons. The van der Waals surface area contributed by atoms with Crippen LogP contribution in [0.2, 0.25) is 5.15 Å². The van der Waals surface area contributed by atoms with Crippen LogP contribution in [-0.4, -0.2) is 51.8 Å². The number of hydrogen-bond donors (Lipinski definition) is 1. The highest BCUT2D eigenvalue weighted by atomic mass is 35.5. The summed E-state index contributed by atoms with van der Waals surface area (Å²) in [6, 6.07) is 0.590. The summed E-state index contributed by atoms with van der Waals surface area (Å²) in [5, 5.41) is 2.65. The first-order valence-corrected chi connectivity index (χ1v) is 13.5. The van der Waals surface area contributed by atoms with E-state index in [9.17, 15) is 30.8 Å². The Hall–Kier alpha value is -2.90. The lowest BCUT2D eigenvalue weighted by Crippen LogP contribution is -2.48. The summed E-state index contributed by atoms with van der Waals surface area (Å²) in [4.78, 5) is 24.4. The quantitative estimate of drug-likeness (QED) is 0.384. The molecule has 0 spiro atoms. The van der Waals surface area contributed by atoms with Crippen LogP contribution in [0.1, 0.15) is 44.5 Å². The van der Waals surface area contributed by atoms with Crippen molar-refractivity contribution in [2.45, 2.75) is 63.8 Å². The lowest BCUT2D eigenvalue weighted by Gasteiger charge is -2.28. The molecule has 14 heteroatoms. The highest BCUT2D eigenvalue weighted by Crippen LogP contribution is 2.35. The van der Waals surface area contributed by atoms with Crippen molar-refractivity contribution in [1.82, 2.24) is 24.6 Å². The Morgan fingerprint density at radius 3 is 2.50 bits per heavy atom. The Bertz CT molecular complexity index is 1400. The monoisotopic (exact) mass is 573 g/mol. The van der Waals surface area contributed by atoms with Crippen molar-refractivity contribution >= 4 is 27.5 Å². The van der Waals surface area contributed by atoms with Crippen molar-refractivity contribution < 1.29 is 30.8 Å². The van der Waals surface area contributed by atoms with Crippen LogP contribution in [0, 0.1) is 0 Å². The van der Waals surface area contributed by atoms with Crippen LogP contribution in [0.25, 0.3) is 11.3 Å². The summed E-state index contributed by atoms with van der Waals surface area (Å²) in [6.45, 7) is 1.95. The van der Waals surface area contributed by atoms with Crippen molar-refractivity contribution in [2.75, 3.05) is 0 Å². The van der Waals surface area contributed by atoms with Crippen molar-refractivity contribution in [1.29, 1.82) is 0 Å². The van der Waals surface area contributed by atoms with E-state index in [0.29, 0.717) is 18.1 Å². The zero-order chi connectivity index (χ0) is 27.8. The number of alkyl halides is 3. The SMILES string of the molecule is C[C@H]1[C@H](F)C[C@@H](C(=O)NCc2cc(Cl)nc(-c3cnc(C(C)(F)F)nc3)c2)N1S(=O)(=O)C1=CC=C(F)CC1. The van der Waals surface area contributed by atoms with Gasteiger partial charge >= 0.3 is 5.92 Å². The van der Waals surface area contributed by atoms with Crippen molar-refractivity contribution in [2.24, 2.45) is 0 Å². The minimum absolute atomic E-state index is 0.0451. The van der Waals surface area contributed by atoms with Gasteiger partial charge in [-0.3, -0.25) is 4.79 Å². The largest absolute Gasteiger partial charge is 0.351 e. The van der Waals surface area contributed by atoms with E-state index in [-0.39, 0.29) is 41.6 Å². The van der Waals surface area contributed by atoms with Gasteiger partial charge in [0, 0.05) is 44.3 Å². The Morgan fingerprint density at radius 2 is 1.89 bits per heavy atom. The fourth-order valence-electron chi connectivity index (χ4n) is 4.30. The lowest BCUT2D eigenvalue weighted by atomic mass is 10.1. The smallest absolute Gasteiger partial charge is 0.303 e. The van der Waals surface area contributed by atoms with Gasteiger partial charge in [-0.05, 0) is 43.2 Å². The fraction of sp³-hybridized carbons (Fsp3) is 0.417.